The topological polar surface area (TPSA) is 52.1 Å². The predicted molar refractivity (Wildman–Crippen MR) is 104 cm³/mol. The molecule has 0 aliphatic heterocycles. The number of carbonyl (C=O) groups is 1. The summed E-state index contributed by atoms with van der Waals surface area (Å²) >= 11 is 7.44. The summed E-state index contributed by atoms with van der Waals surface area (Å²) in [5.41, 5.74) is 2.30. The van der Waals surface area contributed by atoms with E-state index in [4.69, 9.17) is 16.3 Å². The number of aromatic nitrogens is 2. The second kappa shape index (κ2) is 8.34. The molecule has 26 heavy (non-hydrogen) atoms. The molecule has 0 aliphatic rings. The predicted octanol–water partition coefficient (Wildman–Crippen LogP) is 5.43. The summed E-state index contributed by atoms with van der Waals surface area (Å²) in [7, 11) is 0. The first-order chi connectivity index (χ1) is 12.6. The molecule has 0 N–H and O–H groups in total. The molecular formula is C20H17ClN2O2S. The van der Waals surface area contributed by atoms with Gasteiger partial charge in [-0.25, -0.2) is 14.8 Å². The van der Waals surface area contributed by atoms with Crippen molar-refractivity contribution >= 4 is 29.3 Å². The minimum atomic E-state index is -0.425. The molecule has 0 saturated heterocycles. The molecule has 2 aromatic carbocycles. The smallest absolute Gasteiger partial charge is 0.342 e. The first kappa shape index (κ1) is 18.4. The molecule has 0 bridgehead atoms. The first-order valence-electron chi connectivity index (χ1n) is 8.13. The van der Waals surface area contributed by atoms with E-state index in [0.29, 0.717) is 33.7 Å². The van der Waals surface area contributed by atoms with E-state index >= 15 is 0 Å². The maximum absolute atomic E-state index is 12.5. The van der Waals surface area contributed by atoms with E-state index in [9.17, 15) is 4.79 Å². The van der Waals surface area contributed by atoms with Crippen LogP contribution in [0.25, 0.3) is 11.3 Å². The van der Waals surface area contributed by atoms with E-state index in [0.717, 1.165) is 10.5 Å². The Kier molecular flexibility index (Phi) is 5.91. The minimum Gasteiger partial charge on any atom is -0.462 e. The second-order valence-electron chi connectivity index (χ2n) is 5.46. The Morgan fingerprint density at radius 1 is 1.08 bits per heavy atom. The third kappa shape index (κ3) is 4.23. The summed E-state index contributed by atoms with van der Waals surface area (Å²) in [5.74, 6) is -0.425. The normalized spacial score (nSPS) is 10.6. The second-order valence-corrected chi connectivity index (χ2v) is 6.93. The molecule has 0 aliphatic carbocycles. The minimum absolute atomic E-state index is 0.291. The molecular weight excluding hydrogens is 368 g/mol. The average molecular weight is 385 g/mol. The van der Waals surface area contributed by atoms with Crippen molar-refractivity contribution in [1.82, 2.24) is 9.97 Å². The molecule has 0 saturated carbocycles. The fraction of sp³-hybridized carbons (Fsp3) is 0.150. The Balaban J connectivity index is 2.10. The Bertz CT molecular complexity index is 915. The van der Waals surface area contributed by atoms with Crippen LogP contribution in [0.5, 0.6) is 0 Å². The van der Waals surface area contributed by atoms with Crippen molar-refractivity contribution < 1.29 is 9.53 Å². The van der Waals surface area contributed by atoms with E-state index < -0.39 is 5.97 Å². The lowest BCUT2D eigenvalue weighted by molar-refractivity contribution is 0.0525. The van der Waals surface area contributed by atoms with Crippen molar-refractivity contribution in [2.45, 2.75) is 23.9 Å². The van der Waals surface area contributed by atoms with Crippen molar-refractivity contribution in [3.05, 3.63) is 70.9 Å². The largest absolute Gasteiger partial charge is 0.462 e. The molecule has 3 rings (SSSR count). The number of nitrogens with zero attached hydrogens (tertiary/aromatic N) is 2. The Hall–Kier alpha value is -2.37. The van der Waals surface area contributed by atoms with Crippen LogP contribution < -0.4 is 0 Å². The van der Waals surface area contributed by atoms with Crippen LogP contribution in [0, 0.1) is 6.92 Å². The molecule has 0 amide bonds. The van der Waals surface area contributed by atoms with Crippen LogP contribution in [0.15, 0.2) is 64.6 Å². The maximum atomic E-state index is 12.5. The molecule has 0 atom stereocenters. The van der Waals surface area contributed by atoms with E-state index in [1.165, 1.54) is 11.8 Å². The van der Waals surface area contributed by atoms with Gasteiger partial charge in [0.2, 0.25) is 0 Å². The number of rotatable bonds is 5. The lowest BCUT2D eigenvalue weighted by atomic mass is 10.0. The van der Waals surface area contributed by atoms with Crippen LogP contribution in [0.1, 0.15) is 23.0 Å². The van der Waals surface area contributed by atoms with Gasteiger partial charge in [-0.15, -0.1) is 0 Å². The van der Waals surface area contributed by atoms with Gasteiger partial charge in [0.25, 0.3) is 0 Å². The zero-order valence-corrected chi connectivity index (χ0v) is 16.0. The summed E-state index contributed by atoms with van der Waals surface area (Å²) in [6.45, 7) is 3.86. The van der Waals surface area contributed by atoms with Gasteiger partial charge in [0.1, 0.15) is 5.56 Å². The standard InChI is InChI=1S/C20H17ClN2O2S/c1-3-25-19(24)17-13(2)22-20(26-16-7-5-4-6-8-16)23-18(17)14-9-11-15(21)12-10-14/h4-12H,3H2,1-2H3. The fourth-order valence-corrected chi connectivity index (χ4v) is 3.40. The highest BCUT2D eigenvalue weighted by Gasteiger charge is 2.21. The number of ether oxygens (including phenoxy) is 1. The molecule has 1 aromatic heterocycles. The average Bonchev–Trinajstić information content (AvgIpc) is 2.63. The molecule has 0 spiro atoms. The quantitative estimate of drug-likeness (QED) is 0.433. The Morgan fingerprint density at radius 3 is 2.42 bits per heavy atom. The third-order valence-corrected chi connectivity index (χ3v) is 4.74. The monoisotopic (exact) mass is 384 g/mol. The van der Waals surface area contributed by atoms with Gasteiger partial charge < -0.3 is 4.74 Å². The molecule has 0 unspecified atom stereocenters. The molecule has 3 aromatic rings. The van der Waals surface area contributed by atoms with Crippen LogP contribution >= 0.6 is 23.4 Å². The van der Waals surface area contributed by atoms with Crippen LogP contribution in [-0.2, 0) is 4.74 Å². The van der Waals surface area contributed by atoms with E-state index in [-0.39, 0.29) is 0 Å². The van der Waals surface area contributed by atoms with E-state index in [1.807, 2.05) is 42.5 Å². The summed E-state index contributed by atoms with van der Waals surface area (Å²) in [4.78, 5) is 22.6. The molecule has 0 fully saturated rings. The van der Waals surface area contributed by atoms with Crippen LogP contribution in [0.2, 0.25) is 5.02 Å². The fourth-order valence-electron chi connectivity index (χ4n) is 2.45. The number of hydrogen-bond acceptors (Lipinski definition) is 5. The van der Waals surface area contributed by atoms with E-state index in [2.05, 4.69) is 9.97 Å². The van der Waals surface area contributed by atoms with Gasteiger partial charge in [0.05, 0.1) is 18.0 Å². The van der Waals surface area contributed by atoms with Crippen molar-refractivity contribution in [3.63, 3.8) is 0 Å². The van der Waals surface area contributed by atoms with E-state index in [1.54, 1.807) is 26.0 Å². The number of halogens is 1. The number of esters is 1. The van der Waals surface area contributed by atoms with Crippen molar-refractivity contribution in [3.8, 4) is 11.3 Å². The summed E-state index contributed by atoms with van der Waals surface area (Å²) < 4.78 is 5.20. The lowest BCUT2D eigenvalue weighted by Gasteiger charge is -2.12. The number of benzene rings is 2. The zero-order chi connectivity index (χ0) is 18.5. The number of hydrogen-bond donors (Lipinski definition) is 0. The van der Waals surface area contributed by atoms with Gasteiger partial charge in [-0.2, -0.15) is 0 Å². The van der Waals surface area contributed by atoms with Gasteiger partial charge in [0.15, 0.2) is 5.16 Å². The lowest BCUT2D eigenvalue weighted by Crippen LogP contribution is -2.12. The summed E-state index contributed by atoms with van der Waals surface area (Å²) in [5, 5.41) is 1.20. The van der Waals surface area contributed by atoms with Gasteiger partial charge in [-0.1, -0.05) is 41.9 Å². The molecule has 132 valence electrons. The summed E-state index contributed by atoms with van der Waals surface area (Å²) in [6, 6.07) is 17.1. The Labute approximate surface area is 161 Å². The highest BCUT2D eigenvalue weighted by Crippen LogP contribution is 2.31. The number of carbonyl (C=O) groups excluding carboxylic acids is 1. The van der Waals surface area contributed by atoms with Crippen molar-refractivity contribution in [1.29, 1.82) is 0 Å². The maximum Gasteiger partial charge on any atom is 0.342 e. The SMILES string of the molecule is CCOC(=O)c1c(C)nc(Sc2ccccc2)nc1-c1ccc(Cl)cc1. The zero-order valence-electron chi connectivity index (χ0n) is 14.4. The van der Waals surface area contributed by atoms with Crippen molar-refractivity contribution in [2.24, 2.45) is 0 Å². The van der Waals surface area contributed by atoms with Crippen LogP contribution in [0.3, 0.4) is 0 Å². The van der Waals surface area contributed by atoms with Crippen LogP contribution in [-0.4, -0.2) is 22.5 Å². The van der Waals surface area contributed by atoms with Crippen molar-refractivity contribution in [2.75, 3.05) is 6.61 Å². The highest BCUT2D eigenvalue weighted by molar-refractivity contribution is 7.99. The molecule has 1 heterocycles. The molecule has 4 nitrogen and oxygen atoms in total. The Morgan fingerprint density at radius 2 is 1.77 bits per heavy atom. The van der Waals surface area contributed by atoms with Gasteiger partial charge >= 0.3 is 5.97 Å². The highest BCUT2D eigenvalue weighted by atomic mass is 35.5. The van der Waals surface area contributed by atoms with Crippen LogP contribution in [0.4, 0.5) is 0 Å². The van der Waals surface area contributed by atoms with Gasteiger partial charge in [-0.3, -0.25) is 0 Å². The van der Waals surface area contributed by atoms with Gasteiger partial charge in [-0.05, 0) is 49.9 Å². The van der Waals surface area contributed by atoms with Gasteiger partial charge in [0, 0.05) is 15.5 Å². The first-order valence-corrected chi connectivity index (χ1v) is 9.32. The third-order valence-electron chi connectivity index (χ3n) is 3.62. The molecule has 6 heteroatoms. The number of aryl methyl sites for hydroxylation is 1. The summed E-state index contributed by atoms with van der Waals surface area (Å²) in [6.07, 6.45) is 0. The molecule has 0 radical (unpaired) electrons.